The first-order valence-corrected chi connectivity index (χ1v) is 11.3. The van der Waals surface area contributed by atoms with Crippen molar-refractivity contribution in [3.8, 4) is 0 Å². The van der Waals surface area contributed by atoms with Gasteiger partial charge in [0.2, 0.25) is 11.8 Å². The molecule has 1 aromatic rings. The Labute approximate surface area is 182 Å². The highest BCUT2D eigenvalue weighted by Gasteiger charge is 2.40. The Morgan fingerprint density at radius 1 is 1.19 bits per heavy atom. The zero-order chi connectivity index (χ0) is 21.4. The second kappa shape index (κ2) is 8.33. The minimum atomic E-state index is -0.565. The van der Waals surface area contributed by atoms with Crippen LogP contribution in [0.1, 0.15) is 53.6 Å². The molecular weight excluding hydrogens is 396 g/mol. The molecule has 31 heavy (non-hydrogen) atoms. The van der Waals surface area contributed by atoms with E-state index >= 15 is 0 Å². The number of nitrogens with one attached hydrogen (secondary N) is 3. The van der Waals surface area contributed by atoms with Crippen molar-refractivity contribution in [2.24, 2.45) is 5.41 Å². The van der Waals surface area contributed by atoms with Crippen molar-refractivity contribution in [2.75, 3.05) is 26.3 Å². The highest BCUT2D eigenvalue weighted by Crippen LogP contribution is 2.38. The number of piperidine rings is 1. The summed E-state index contributed by atoms with van der Waals surface area (Å²) < 4.78 is 5.52. The largest absolute Gasteiger partial charge is 0.381 e. The van der Waals surface area contributed by atoms with E-state index in [1.54, 1.807) is 4.90 Å². The van der Waals surface area contributed by atoms with Gasteiger partial charge < -0.3 is 20.3 Å². The van der Waals surface area contributed by atoms with Crippen molar-refractivity contribution in [1.82, 2.24) is 20.9 Å². The highest BCUT2D eigenvalue weighted by molar-refractivity contribution is 6.05. The Bertz CT molecular complexity index is 896. The van der Waals surface area contributed by atoms with Gasteiger partial charge in [-0.2, -0.15) is 0 Å². The number of rotatable bonds is 5. The molecule has 8 heteroatoms. The fraction of sp³-hybridized carbons (Fsp3) is 0.609. The average Bonchev–Trinajstić information content (AvgIpc) is 3.29. The number of nitrogens with zero attached hydrogens (tertiary/aromatic N) is 1. The van der Waals surface area contributed by atoms with Gasteiger partial charge in [0.05, 0.1) is 0 Å². The molecule has 3 saturated heterocycles. The molecule has 0 radical (unpaired) electrons. The van der Waals surface area contributed by atoms with Crippen molar-refractivity contribution < 1.29 is 19.1 Å². The van der Waals surface area contributed by atoms with Gasteiger partial charge in [0, 0.05) is 57.4 Å². The molecule has 2 unspecified atom stereocenters. The molecule has 4 aliphatic rings. The number of hydrogen-bond acceptors (Lipinski definition) is 6. The first kappa shape index (κ1) is 20.6. The van der Waals surface area contributed by atoms with Crippen LogP contribution >= 0.6 is 0 Å². The SMILES string of the molecule is O=C1CCC(N2Cc3cc(CNCC4CC5(CCOCC5)CN4)ccc3C2=O)C(=O)N1. The number of imide groups is 1. The van der Waals surface area contributed by atoms with Crippen LogP contribution in [0.2, 0.25) is 0 Å². The Balaban J connectivity index is 1.15. The molecule has 4 aliphatic heterocycles. The van der Waals surface area contributed by atoms with Crippen LogP contribution in [-0.4, -0.2) is 61.0 Å². The first-order chi connectivity index (χ1) is 15.0. The normalized spacial score (nSPS) is 27.6. The molecule has 8 nitrogen and oxygen atoms in total. The predicted octanol–water partition coefficient (Wildman–Crippen LogP) is 0.696. The van der Waals surface area contributed by atoms with Crippen LogP contribution in [0.5, 0.6) is 0 Å². The number of hydrogen-bond donors (Lipinski definition) is 3. The van der Waals surface area contributed by atoms with E-state index in [1.165, 1.54) is 6.42 Å². The van der Waals surface area contributed by atoms with Gasteiger partial charge in [-0.3, -0.25) is 19.7 Å². The Kier molecular flexibility index (Phi) is 5.54. The molecule has 0 bridgehead atoms. The van der Waals surface area contributed by atoms with Gasteiger partial charge in [-0.05, 0) is 48.3 Å². The van der Waals surface area contributed by atoms with Crippen LogP contribution in [0.15, 0.2) is 18.2 Å². The molecule has 0 saturated carbocycles. The lowest BCUT2D eigenvalue weighted by Gasteiger charge is -2.32. The average molecular weight is 427 g/mol. The molecule has 1 aromatic carbocycles. The summed E-state index contributed by atoms with van der Waals surface area (Å²) in [5.41, 5.74) is 3.16. The number of carbonyl (C=O) groups excluding carboxylic acids is 3. The van der Waals surface area contributed by atoms with E-state index < -0.39 is 6.04 Å². The number of fused-ring (bicyclic) bond motifs is 1. The van der Waals surface area contributed by atoms with Crippen molar-refractivity contribution in [2.45, 2.75) is 57.3 Å². The predicted molar refractivity (Wildman–Crippen MR) is 113 cm³/mol. The van der Waals surface area contributed by atoms with Gasteiger partial charge in [-0.15, -0.1) is 0 Å². The van der Waals surface area contributed by atoms with Crippen molar-refractivity contribution in [3.63, 3.8) is 0 Å². The number of amides is 3. The van der Waals surface area contributed by atoms with E-state index in [1.807, 2.05) is 12.1 Å². The lowest BCUT2D eigenvalue weighted by molar-refractivity contribution is -0.136. The number of ether oxygens (including phenoxy) is 1. The fourth-order valence-electron chi connectivity index (χ4n) is 5.49. The van der Waals surface area contributed by atoms with E-state index in [0.29, 0.717) is 30.0 Å². The van der Waals surface area contributed by atoms with Crippen molar-refractivity contribution in [1.29, 1.82) is 0 Å². The minimum Gasteiger partial charge on any atom is -0.381 e. The van der Waals surface area contributed by atoms with Crippen LogP contribution in [0.4, 0.5) is 0 Å². The second-order valence-electron chi connectivity index (χ2n) is 9.42. The third-order valence-corrected chi connectivity index (χ3v) is 7.31. The van der Waals surface area contributed by atoms with E-state index in [0.717, 1.165) is 56.8 Å². The third kappa shape index (κ3) is 4.12. The summed E-state index contributed by atoms with van der Waals surface area (Å²) in [5.74, 6) is -0.759. The lowest BCUT2D eigenvalue weighted by atomic mass is 9.78. The van der Waals surface area contributed by atoms with Gasteiger partial charge in [0.25, 0.3) is 5.91 Å². The van der Waals surface area contributed by atoms with Gasteiger partial charge in [-0.1, -0.05) is 12.1 Å². The summed E-state index contributed by atoms with van der Waals surface area (Å²) >= 11 is 0. The van der Waals surface area contributed by atoms with Gasteiger partial charge in [0.1, 0.15) is 6.04 Å². The van der Waals surface area contributed by atoms with Crippen LogP contribution in [0, 0.1) is 5.41 Å². The summed E-state index contributed by atoms with van der Waals surface area (Å²) in [6.45, 7) is 4.93. The second-order valence-corrected chi connectivity index (χ2v) is 9.42. The summed E-state index contributed by atoms with van der Waals surface area (Å²) in [6.07, 6.45) is 4.16. The van der Waals surface area contributed by atoms with E-state index in [2.05, 4.69) is 22.0 Å². The number of benzene rings is 1. The Morgan fingerprint density at radius 3 is 2.84 bits per heavy atom. The maximum atomic E-state index is 12.8. The van der Waals surface area contributed by atoms with Crippen LogP contribution in [-0.2, 0) is 27.4 Å². The molecule has 1 spiro atoms. The van der Waals surface area contributed by atoms with Gasteiger partial charge in [-0.25, -0.2) is 0 Å². The quantitative estimate of drug-likeness (QED) is 0.600. The highest BCUT2D eigenvalue weighted by atomic mass is 16.5. The lowest BCUT2D eigenvalue weighted by Crippen LogP contribution is -2.52. The van der Waals surface area contributed by atoms with Crippen LogP contribution < -0.4 is 16.0 Å². The molecular formula is C23H30N4O4. The monoisotopic (exact) mass is 426 g/mol. The Morgan fingerprint density at radius 2 is 2.03 bits per heavy atom. The first-order valence-electron chi connectivity index (χ1n) is 11.3. The zero-order valence-corrected chi connectivity index (χ0v) is 17.7. The summed E-state index contributed by atoms with van der Waals surface area (Å²) in [6, 6.07) is 5.83. The third-order valence-electron chi connectivity index (χ3n) is 7.31. The molecule has 166 valence electrons. The molecule has 3 N–H and O–H groups in total. The standard InChI is InChI=1S/C23H30N4O4/c28-20-4-3-19(21(29)26-20)27-13-16-9-15(1-2-18(16)22(27)30)11-24-12-17-10-23(14-25-17)5-7-31-8-6-23/h1-2,9,17,19,24-25H,3-8,10-14H2,(H,26,28,29). The molecule has 3 fully saturated rings. The van der Waals surface area contributed by atoms with E-state index in [-0.39, 0.29) is 24.1 Å². The fourth-order valence-corrected chi connectivity index (χ4v) is 5.49. The Hall–Kier alpha value is -2.29. The maximum Gasteiger partial charge on any atom is 0.255 e. The maximum absolute atomic E-state index is 12.8. The summed E-state index contributed by atoms with van der Waals surface area (Å²) in [5, 5.41) is 9.58. The van der Waals surface area contributed by atoms with E-state index in [4.69, 9.17) is 4.74 Å². The zero-order valence-electron chi connectivity index (χ0n) is 17.7. The van der Waals surface area contributed by atoms with Crippen LogP contribution in [0.3, 0.4) is 0 Å². The van der Waals surface area contributed by atoms with Gasteiger partial charge in [0.15, 0.2) is 0 Å². The molecule has 5 rings (SSSR count). The van der Waals surface area contributed by atoms with Crippen LogP contribution in [0.25, 0.3) is 0 Å². The molecule has 0 aromatic heterocycles. The topological polar surface area (TPSA) is 99.8 Å². The van der Waals surface area contributed by atoms with E-state index in [9.17, 15) is 14.4 Å². The molecule has 0 aliphatic carbocycles. The molecule has 2 atom stereocenters. The van der Waals surface area contributed by atoms with Gasteiger partial charge >= 0.3 is 0 Å². The van der Waals surface area contributed by atoms with Crippen molar-refractivity contribution >= 4 is 17.7 Å². The smallest absolute Gasteiger partial charge is 0.255 e. The summed E-state index contributed by atoms with van der Waals surface area (Å²) in [7, 11) is 0. The number of carbonyl (C=O) groups is 3. The summed E-state index contributed by atoms with van der Waals surface area (Å²) in [4.78, 5) is 38.0. The van der Waals surface area contributed by atoms with Crippen molar-refractivity contribution in [3.05, 3.63) is 34.9 Å². The molecule has 3 amide bonds. The molecule has 4 heterocycles. The minimum absolute atomic E-state index is 0.124.